The van der Waals surface area contributed by atoms with E-state index in [1.165, 1.54) is 0 Å². The molecule has 0 amide bonds. The van der Waals surface area contributed by atoms with Crippen LogP contribution in [0.2, 0.25) is 0 Å². The zero-order valence-electron chi connectivity index (χ0n) is 10.1. The van der Waals surface area contributed by atoms with Gasteiger partial charge in [0, 0.05) is 23.5 Å². The number of carboxylic acid groups (broad SMARTS) is 2. The van der Waals surface area contributed by atoms with E-state index in [9.17, 15) is 9.59 Å². The van der Waals surface area contributed by atoms with Crippen LogP contribution in [0.4, 0.5) is 0 Å². The molecule has 0 spiro atoms. The molecular weight excluding hydrogens is 248 g/mol. The van der Waals surface area contributed by atoms with Gasteiger partial charge in [-0.2, -0.15) is 0 Å². The first kappa shape index (κ1) is 13.1. The molecule has 0 saturated heterocycles. The fourth-order valence-corrected chi connectivity index (χ4v) is 1.98. The van der Waals surface area contributed by atoms with Crippen molar-refractivity contribution in [3.63, 3.8) is 0 Å². The maximum Gasteiger partial charge on any atom is 0.321 e. The van der Waals surface area contributed by atoms with Crippen LogP contribution in [0, 0.1) is 0 Å². The molecule has 100 valence electrons. The molecular formula is C13H14N2O4. The number of H-pyrrole nitrogens is 1. The quantitative estimate of drug-likeness (QED) is 0.617. The number of nitrogens with one attached hydrogen (secondary N) is 2. The number of carbonyl (C=O) groups is 2. The number of aliphatic carboxylic acids is 2. The summed E-state index contributed by atoms with van der Waals surface area (Å²) in [5.41, 5.74) is 1.78. The smallest absolute Gasteiger partial charge is 0.321 e. The number of fused-ring (bicyclic) bond motifs is 1. The second kappa shape index (κ2) is 5.53. The van der Waals surface area contributed by atoms with Crippen LogP contribution < -0.4 is 5.32 Å². The zero-order valence-corrected chi connectivity index (χ0v) is 10.1. The fraction of sp³-hybridized carbons (Fsp3) is 0.231. The van der Waals surface area contributed by atoms with E-state index in [1.54, 1.807) is 6.20 Å². The molecule has 0 fully saturated rings. The van der Waals surface area contributed by atoms with Gasteiger partial charge in [-0.25, -0.2) is 0 Å². The lowest BCUT2D eigenvalue weighted by Crippen LogP contribution is -2.41. The molecule has 19 heavy (non-hydrogen) atoms. The summed E-state index contributed by atoms with van der Waals surface area (Å²) in [6.45, 7) is -0.376. The summed E-state index contributed by atoms with van der Waals surface area (Å²) in [6, 6.07) is 6.65. The first-order valence-corrected chi connectivity index (χ1v) is 5.81. The van der Waals surface area contributed by atoms with Crippen LogP contribution in [0.3, 0.4) is 0 Å². The minimum atomic E-state index is -1.08. The number of benzene rings is 1. The average Bonchev–Trinajstić information content (AvgIpc) is 2.77. The Labute approximate surface area is 109 Å². The van der Waals surface area contributed by atoms with E-state index in [-0.39, 0.29) is 13.0 Å². The van der Waals surface area contributed by atoms with E-state index >= 15 is 0 Å². The molecule has 6 nitrogen and oxygen atoms in total. The van der Waals surface area contributed by atoms with Crippen LogP contribution >= 0.6 is 0 Å². The van der Waals surface area contributed by atoms with Crippen molar-refractivity contribution in [3.05, 3.63) is 36.0 Å². The first-order valence-electron chi connectivity index (χ1n) is 5.81. The zero-order chi connectivity index (χ0) is 13.8. The summed E-state index contributed by atoms with van der Waals surface area (Å²) >= 11 is 0. The minimum absolute atomic E-state index is 0.229. The number of aromatic nitrogens is 1. The van der Waals surface area contributed by atoms with Gasteiger partial charge in [0.15, 0.2) is 0 Å². The number of hydrogen-bond donors (Lipinski definition) is 4. The van der Waals surface area contributed by atoms with Gasteiger partial charge >= 0.3 is 11.9 Å². The highest BCUT2D eigenvalue weighted by atomic mass is 16.4. The highest BCUT2D eigenvalue weighted by Gasteiger charge is 2.19. The van der Waals surface area contributed by atoms with Crippen LogP contribution in [0.25, 0.3) is 10.9 Å². The highest BCUT2D eigenvalue weighted by molar-refractivity contribution is 5.84. The summed E-state index contributed by atoms with van der Waals surface area (Å²) in [7, 11) is 0. The van der Waals surface area contributed by atoms with Crippen LogP contribution in [-0.4, -0.2) is 39.7 Å². The second-order valence-corrected chi connectivity index (χ2v) is 4.23. The van der Waals surface area contributed by atoms with E-state index in [4.69, 9.17) is 10.2 Å². The van der Waals surface area contributed by atoms with Crippen LogP contribution in [0.15, 0.2) is 30.5 Å². The molecule has 1 atom stereocenters. The molecule has 6 heteroatoms. The van der Waals surface area contributed by atoms with E-state index in [1.807, 2.05) is 24.3 Å². The highest BCUT2D eigenvalue weighted by Crippen LogP contribution is 2.19. The van der Waals surface area contributed by atoms with Crippen LogP contribution in [-0.2, 0) is 16.0 Å². The summed E-state index contributed by atoms with van der Waals surface area (Å²) < 4.78 is 0. The lowest BCUT2D eigenvalue weighted by Gasteiger charge is -2.12. The molecule has 4 N–H and O–H groups in total. The summed E-state index contributed by atoms with van der Waals surface area (Å²) in [4.78, 5) is 24.6. The third kappa shape index (κ3) is 3.11. The van der Waals surface area contributed by atoms with Crippen molar-refractivity contribution in [1.29, 1.82) is 0 Å². The normalized spacial score (nSPS) is 12.4. The molecule has 2 rings (SSSR count). The van der Waals surface area contributed by atoms with Gasteiger partial charge in [-0.05, 0) is 11.6 Å². The second-order valence-electron chi connectivity index (χ2n) is 4.23. The Balaban J connectivity index is 2.16. The molecule has 1 aromatic heterocycles. The van der Waals surface area contributed by atoms with E-state index in [0.29, 0.717) is 0 Å². The Morgan fingerprint density at radius 3 is 2.68 bits per heavy atom. The number of carboxylic acids is 2. The molecule has 0 aliphatic heterocycles. The molecule has 0 unspecified atom stereocenters. The minimum Gasteiger partial charge on any atom is -0.480 e. The average molecular weight is 262 g/mol. The van der Waals surface area contributed by atoms with Crippen molar-refractivity contribution in [2.75, 3.05) is 6.54 Å². The lowest BCUT2D eigenvalue weighted by atomic mass is 10.1. The van der Waals surface area contributed by atoms with Crippen molar-refractivity contribution in [1.82, 2.24) is 10.3 Å². The van der Waals surface area contributed by atoms with Crippen molar-refractivity contribution in [3.8, 4) is 0 Å². The predicted molar refractivity (Wildman–Crippen MR) is 69.1 cm³/mol. The molecule has 0 saturated carbocycles. The molecule has 0 bridgehead atoms. The van der Waals surface area contributed by atoms with Gasteiger partial charge in [-0.1, -0.05) is 18.2 Å². The molecule has 1 aromatic carbocycles. The van der Waals surface area contributed by atoms with Gasteiger partial charge in [0.2, 0.25) is 0 Å². The maximum absolute atomic E-state index is 11.1. The Kier molecular flexibility index (Phi) is 3.82. The third-order valence-corrected chi connectivity index (χ3v) is 2.90. The van der Waals surface area contributed by atoms with E-state index in [0.717, 1.165) is 16.5 Å². The van der Waals surface area contributed by atoms with Crippen molar-refractivity contribution < 1.29 is 19.8 Å². The van der Waals surface area contributed by atoms with Gasteiger partial charge in [-0.15, -0.1) is 0 Å². The standard InChI is InChI=1S/C13H14N2O4/c16-12(17)7-15-11(13(18)19)5-8-6-14-10-4-2-1-3-9(8)10/h1-4,6,11,14-15H,5,7H2,(H,16,17)(H,18,19)/t11-/m1/s1. The molecule has 1 heterocycles. The van der Waals surface area contributed by atoms with Crippen molar-refractivity contribution >= 4 is 22.8 Å². The topological polar surface area (TPSA) is 102 Å². The molecule has 0 radical (unpaired) electrons. The predicted octanol–water partition coefficient (Wildman–Crippen LogP) is 0.838. The van der Waals surface area contributed by atoms with E-state index < -0.39 is 18.0 Å². The van der Waals surface area contributed by atoms with Crippen molar-refractivity contribution in [2.24, 2.45) is 0 Å². The van der Waals surface area contributed by atoms with Gasteiger partial charge in [-0.3, -0.25) is 14.9 Å². The lowest BCUT2D eigenvalue weighted by molar-refractivity contribution is -0.140. The Hall–Kier alpha value is -2.34. The Morgan fingerprint density at radius 2 is 2.00 bits per heavy atom. The number of para-hydroxylation sites is 1. The van der Waals surface area contributed by atoms with Crippen LogP contribution in [0.5, 0.6) is 0 Å². The maximum atomic E-state index is 11.1. The number of aromatic amines is 1. The van der Waals surface area contributed by atoms with E-state index in [2.05, 4.69) is 10.3 Å². The van der Waals surface area contributed by atoms with Crippen LogP contribution in [0.1, 0.15) is 5.56 Å². The monoisotopic (exact) mass is 262 g/mol. The summed E-state index contributed by atoms with van der Waals surface area (Å²) in [6.07, 6.45) is 1.98. The third-order valence-electron chi connectivity index (χ3n) is 2.90. The Morgan fingerprint density at radius 1 is 1.26 bits per heavy atom. The number of rotatable bonds is 6. The molecule has 0 aliphatic carbocycles. The fourth-order valence-electron chi connectivity index (χ4n) is 1.98. The van der Waals surface area contributed by atoms with Gasteiger partial charge in [0.1, 0.15) is 6.04 Å². The summed E-state index contributed by atoms with van der Waals surface area (Å²) in [5, 5.41) is 21.1. The van der Waals surface area contributed by atoms with Gasteiger partial charge in [0.05, 0.1) is 6.54 Å². The number of hydrogen-bond acceptors (Lipinski definition) is 3. The van der Waals surface area contributed by atoms with Crippen molar-refractivity contribution in [2.45, 2.75) is 12.5 Å². The Bertz CT molecular complexity index is 605. The SMILES string of the molecule is O=C(O)CN[C@H](Cc1c[nH]c2ccccc12)C(=O)O. The summed E-state index contributed by atoms with van der Waals surface area (Å²) in [5.74, 6) is -2.14. The molecule has 0 aliphatic rings. The van der Waals surface area contributed by atoms with Gasteiger partial charge in [0.25, 0.3) is 0 Å². The van der Waals surface area contributed by atoms with Gasteiger partial charge < -0.3 is 15.2 Å². The largest absolute Gasteiger partial charge is 0.480 e. The molecule has 2 aromatic rings. The first-order chi connectivity index (χ1) is 9.08.